The summed E-state index contributed by atoms with van der Waals surface area (Å²) in [5.74, 6) is -0.404. The predicted octanol–water partition coefficient (Wildman–Crippen LogP) is 2.73. The van der Waals surface area contributed by atoms with Crippen LogP contribution in [0.2, 0.25) is 0 Å². The van der Waals surface area contributed by atoms with E-state index in [0.717, 1.165) is 10.5 Å². The molecule has 128 valence electrons. The molecule has 2 aromatic rings. The number of non-ortho nitro benzene ring substituents is 1. The molecule has 0 spiro atoms. The van der Waals surface area contributed by atoms with Crippen molar-refractivity contribution < 1.29 is 19.2 Å². The lowest BCUT2D eigenvalue weighted by atomic mass is 9.97. The van der Waals surface area contributed by atoms with Crippen molar-refractivity contribution in [1.29, 1.82) is 0 Å². The lowest BCUT2D eigenvalue weighted by Crippen LogP contribution is -2.30. The van der Waals surface area contributed by atoms with Gasteiger partial charge in [-0.25, -0.2) is 0 Å². The zero-order valence-electron chi connectivity index (χ0n) is 13.5. The molecule has 1 saturated heterocycles. The number of hydrogen-bond donors (Lipinski definition) is 0. The fraction of sp³-hybridized carbons (Fsp3) is 0.222. The average molecular weight is 340 g/mol. The Kier molecular flexibility index (Phi) is 4.47. The molecule has 3 rings (SSSR count). The Balaban J connectivity index is 1.81. The highest BCUT2D eigenvalue weighted by Crippen LogP contribution is 2.31. The lowest BCUT2D eigenvalue weighted by molar-refractivity contribution is -0.384. The fourth-order valence-corrected chi connectivity index (χ4v) is 2.99. The molecule has 7 nitrogen and oxygen atoms in total. The van der Waals surface area contributed by atoms with Gasteiger partial charge >= 0.3 is 0 Å². The first-order valence-electron chi connectivity index (χ1n) is 7.74. The maximum Gasteiger partial charge on any atom is 0.269 e. The number of rotatable bonds is 5. The van der Waals surface area contributed by atoms with E-state index in [2.05, 4.69) is 0 Å². The molecule has 1 aliphatic heterocycles. The van der Waals surface area contributed by atoms with E-state index < -0.39 is 10.8 Å². The monoisotopic (exact) mass is 340 g/mol. The highest BCUT2D eigenvalue weighted by Gasteiger charge is 2.39. The number of anilines is 1. The Morgan fingerprint density at radius 1 is 1.16 bits per heavy atom. The van der Waals surface area contributed by atoms with Gasteiger partial charge in [0.2, 0.25) is 11.8 Å². The highest BCUT2D eigenvalue weighted by molar-refractivity contribution is 6.21. The van der Waals surface area contributed by atoms with Crippen molar-refractivity contribution in [2.24, 2.45) is 5.92 Å². The topological polar surface area (TPSA) is 89.8 Å². The molecule has 0 saturated carbocycles. The molecular formula is C18H16N2O5. The Bertz CT molecular complexity index is 832. The average Bonchev–Trinajstić information content (AvgIpc) is 2.89. The van der Waals surface area contributed by atoms with Crippen LogP contribution in [0.15, 0.2) is 48.5 Å². The first-order chi connectivity index (χ1) is 12.0. The van der Waals surface area contributed by atoms with Gasteiger partial charge in [0.1, 0.15) is 5.75 Å². The van der Waals surface area contributed by atoms with Crippen molar-refractivity contribution in [2.75, 3.05) is 12.0 Å². The summed E-state index contributed by atoms with van der Waals surface area (Å²) in [6, 6.07) is 12.8. The molecule has 1 aliphatic rings. The summed E-state index contributed by atoms with van der Waals surface area (Å²) in [6.45, 7) is 0. The van der Waals surface area contributed by atoms with E-state index in [0.29, 0.717) is 17.9 Å². The van der Waals surface area contributed by atoms with Gasteiger partial charge in [0.15, 0.2) is 0 Å². The van der Waals surface area contributed by atoms with Gasteiger partial charge in [-0.2, -0.15) is 0 Å². The molecule has 0 aliphatic carbocycles. The van der Waals surface area contributed by atoms with Crippen LogP contribution in [-0.2, 0) is 16.0 Å². The second kappa shape index (κ2) is 6.72. The number of nitro groups is 1. The molecule has 0 radical (unpaired) electrons. The lowest BCUT2D eigenvalue weighted by Gasteiger charge is -2.15. The molecular weight excluding hydrogens is 324 g/mol. The Morgan fingerprint density at radius 3 is 2.48 bits per heavy atom. The molecule has 1 fully saturated rings. The van der Waals surface area contributed by atoms with E-state index in [9.17, 15) is 19.7 Å². The predicted molar refractivity (Wildman–Crippen MR) is 90.4 cm³/mol. The highest BCUT2D eigenvalue weighted by atomic mass is 16.6. The van der Waals surface area contributed by atoms with E-state index in [1.54, 1.807) is 7.11 Å². The standard InChI is InChI=1S/C18H16N2O5/c1-25-16-5-3-2-4-12(16)10-13-11-17(21)19(18(13)22)14-6-8-15(9-7-14)20(23)24/h2-9,13H,10-11H2,1H3/t13-/m0/s1. The van der Waals surface area contributed by atoms with Crippen LogP contribution in [0.5, 0.6) is 5.75 Å². The van der Waals surface area contributed by atoms with Crippen LogP contribution in [0, 0.1) is 16.0 Å². The van der Waals surface area contributed by atoms with Crippen molar-refractivity contribution in [2.45, 2.75) is 12.8 Å². The Labute approximate surface area is 144 Å². The molecule has 0 bridgehead atoms. The van der Waals surface area contributed by atoms with Crippen LogP contribution in [0.1, 0.15) is 12.0 Å². The number of nitrogens with zero attached hydrogens (tertiary/aromatic N) is 2. The number of ether oxygens (including phenoxy) is 1. The summed E-state index contributed by atoms with van der Waals surface area (Å²) in [6.07, 6.45) is 0.506. The first-order valence-corrected chi connectivity index (χ1v) is 7.74. The summed E-state index contributed by atoms with van der Waals surface area (Å²) in [5.41, 5.74) is 1.12. The minimum absolute atomic E-state index is 0.0894. The summed E-state index contributed by atoms with van der Waals surface area (Å²) < 4.78 is 5.29. The number of imide groups is 1. The third kappa shape index (κ3) is 3.21. The van der Waals surface area contributed by atoms with Crippen LogP contribution in [0.3, 0.4) is 0 Å². The van der Waals surface area contributed by atoms with Crippen molar-refractivity contribution in [3.8, 4) is 5.75 Å². The van der Waals surface area contributed by atoms with E-state index in [-0.39, 0.29) is 23.9 Å². The quantitative estimate of drug-likeness (QED) is 0.474. The van der Waals surface area contributed by atoms with Crippen LogP contribution in [0.25, 0.3) is 0 Å². The largest absolute Gasteiger partial charge is 0.496 e. The molecule has 1 heterocycles. The Morgan fingerprint density at radius 2 is 1.84 bits per heavy atom. The molecule has 0 N–H and O–H groups in total. The number of amides is 2. The molecule has 7 heteroatoms. The van der Waals surface area contributed by atoms with Crippen molar-refractivity contribution in [3.63, 3.8) is 0 Å². The fourth-order valence-electron chi connectivity index (χ4n) is 2.99. The number of benzene rings is 2. The molecule has 1 atom stereocenters. The summed E-state index contributed by atoms with van der Waals surface area (Å²) in [7, 11) is 1.56. The number of carbonyl (C=O) groups excluding carboxylic acids is 2. The SMILES string of the molecule is COc1ccccc1C[C@H]1CC(=O)N(c2ccc([N+](=O)[O-])cc2)C1=O. The summed E-state index contributed by atoms with van der Waals surface area (Å²) >= 11 is 0. The number of carbonyl (C=O) groups is 2. The van der Waals surface area contributed by atoms with E-state index >= 15 is 0 Å². The van der Waals surface area contributed by atoms with Gasteiger partial charge in [-0.3, -0.25) is 24.6 Å². The summed E-state index contributed by atoms with van der Waals surface area (Å²) in [5, 5.41) is 10.7. The number of para-hydroxylation sites is 1. The van der Waals surface area contributed by atoms with Gasteiger partial charge < -0.3 is 4.74 Å². The van der Waals surface area contributed by atoms with Crippen molar-refractivity contribution in [1.82, 2.24) is 0 Å². The van der Waals surface area contributed by atoms with Gasteiger partial charge in [0.25, 0.3) is 5.69 Å². The second-order valence-corrected chi connectivity index (χ2v) is 5.76. The normalized spacial score (nSPS) is 17.0. The van der Waals surface area contributed by atoms with Crippen LogP contribution >= 0.6 is 0 Å². The first kappa shape index (κ1) is 16.6. The number of methoxy groups -OCH3 is 1. The molecule has 2 aromatic carbocycles. The van der Waals surface area contributed by atoms with Gasteiger partial charge in [0.05, 0.1) is 23.6 Å². The van der Waals surface area contributed by atoms with Crippen molar-refractivity contribution >= 4 is 23.2 Å². The molecule has 0 unspecified atom stereocenters. The third-order valence-corrected chi connectivity index (χ3v) is 4.22. The van der Waals surface area contributed by atoms with Crippen LogP contribution in [0.4, 0.5) is 11.4 Å². The maximum absolute atomic E-state index is 12.7. The Hall–Kier alpha value is -3.22. The molecule has 0 aromatic heterocycles. The van der Waals surface area contributed by atoms with Gasteiger partial charge in [-0.1, -0.05) is 18.2 Å². The van der Waals surface area contributed by atoms with Gasteiger partial charge in [0, 0.05) is 18.6 Å². The van der Waals surface area contributed by atoms with Gasteiger partial charge in [-0.15, -0.1) is 0 Å². The van der Waals surface area contributed by atoms with Crippen LogP contribution < -0.4 is 9.64 Å². The third-order valence-electron chi connectivity index (χ3n) is 4.22. The molecule has 2 amide bonds. The van der Waals surface area contributed by atoms with Crippen molar-refractivity contribution in [3.05, 3.63) is 64.2 Å². The minimum Gasteiger partial charge on any atom is -0.496 e. The smallest absolute Gasteiger partial charge is 0.269 e. The van der Waals surface area contributed by atoms with Crippen LogP contribution in [-0.4, -0.2) is 23.8 Å². The number of hydrogen-bond acceptors (Lipinski definition) is 5. The van der Waals surface area contributed by atoms with E-state index in [4.69, 9.17) is 4.74 Å². The number of nitro benzene ring substituents is 1. The summed E-state index contributed by atoms with van der Waals surface area (Å²) in [4.78, 5) is 36.3. The second-order valence-electron chi connectivity index (χ2n) is 5.76. The maximum atomic E-state index is 12.7. The zero-order valence-corrected chi connectivity index (χ0v) is 13.5. The zero-order chi connectivity index (χ0) is 18.0. The van der Waals surface area contributed by atoms with Gasteiger partial charge in [-0.05, 0) is 30.2 Å². The van der Waals surface area contributed by atoms with E-state index in [1.807, 2.05) is 24.3 Å². The molecule has 25 heavy (non-hydrogen) atoms. The van der Waals surface area contributed by atoms with E-state index in [1.165, 1.54) is 24.3 Å². The minimum atomic E-state index is -0.526.